The van der Waals surface area contributed by atoms with E-state index in [1.165, 1.54) is 94.2 Å². The standard InChI is InChI=1S/C42H37N/c1-24-16-33-29-14-10-11-15-37(29)41(4,5)39(33)20-31(24)32-21-40-34(17-25(32)2)35-19-30(26(3)18-38(35)42(40,6)7)36-23-43-22-27-12-8-9-13-28(27)36/h8-23H,1-7H3. The molecule has 0 fully saturated rings. The molecule has 1 heteroatoms. The Labute approximate surface area is 255 Å². The van der Waals surface area contributed by atoms with Gasteiger partial charge in [0.1, 0.15) is 0 Å². The minimum absolute atomic E-state index is 0.0150. The van der Waals surface area contributed by atoms with E-state index in [1.54, 1.807) is 0 Å². The van der Waals surface area contributed by atoms with E-state index in [0.29, 0.717) is 0 Å². The number of benzene rings is 5. The fraction of sp³-hybridized carbons (Fsp3) is 0.214. The first-order valence-electron chi connectivity index (χ1n) is 15.5. The smallest absolute Gasteiger partial charge is 0.0352 e. The second-order valence-corrected chi connectivity index (χ2v) is 13.8. The van der Waals surface area contributed by atoms with Crippen LogP contribution < -0.4 is 0 Å². The van der Waals surface area contributed by atoms with E-state index in [4.69, 9.17) is 0 Å². The predicted octanol–water partition coefficient (Wildman–Crippen LogP) is 11.1. The largest absolute Gasteiger partial charge is 0.263 e. The van der Waals surface area contributed by atoms with Crippen molar-refractivity contribution in [1.82, 2.24) is 4.98 Å². The molecule has 5 aromatic carbocycles. The van der Waals surface area contributed by atoms with E-state index in [2.05, 4.69) is 138 Å². The zero-order valence-electron chi connectivity index (χ0n) is 26.2. The number of fused-ring (bicyclic) bond motifs is 7. The Balaban J connectivity index is 1.31. The molecule has 0 spiro atoms. The summed E-state index contributed by atoms with van der Waals surface area (Å²) in [6.45, 7) is 16.4. The van der Waals surface area contributed by atoms with Gasteiger partial charge in [0.2, 0.25) is 0 Å². The van der Waals surface area contributed by atoms with Crippen LogP contribution in [0.1, 0.15) is 66.6 Å². The molecule has 0 N–H and O–H groups in total. The van der Waals surface area contributed by atoms with Gasteiger partial charge < -0.3 is 0 Å². The molecule has 0 aliphatic heterocycles. The molecule has 0 bridgehead atoms. The number of hydrogen-bond acceptors (Lipinski definition) is 1. The summed E-state index contributed by atoms with van der Waals surface area (Å²) in [6.07, 6.45) is 3.99. The molecule has 8 rings (SSSR count). The third kappa shape index (κ3) is 3.54. The lowest BCUT2D eigenvalue weighted by molar-refractivity contribution is 0.659. The molecular weight excluding hydrogens is 518 g/mol. The first kappa shape index (κ1) is 26.2. The number of aromatic nitrogens is 1. The maximum absolute atomic E-state index is 4.61. The maximum atomic E-state index is 4.61. The molecule has 6 aromatic rings. The van der Waals surface area contributed by atoms with Crippen LogP contribution in [-0.4, -0.2) is 4.98 Å². The number of rotatable bonds is 2. The van der Waals surface area contributed by atoms with Gasteiger partial charge in [-0.3, -0.25) is 4.98 Å². The van der Waals surface area contributed by atoms with E-state index in [0.717, 1.165) is 0 Å². The van der Waals surface area contributed by atoms with Crippen molar-refractivity contribution in [2.24, 2.45) is 0 Å². The topological polar surface area (TPSA) is 12.9 Å². The van der Waals surface area contributed by atoms with Crippen LogP contribution >= 0.6 is 0 Å². The summed E-state index contributed by atoms with van der Waals surface area (Å²) in [6, 6.07) is 32.2. The Kier molecular flexibility index (Phi) is 5.34. The second kappa shape index (κ2) is 8.77. The predicted molar refractivity (Wildman–Crippen MR) is 182 cm³/mol. The van der Waals surface area contributed by atoms with Crippen molar-refractivity contribution in [2.75, 3.05) is 0 Å². The van der Waals surface area contributed by atoms with Crippen molar-refractivity contribution in [3.8, 4) is 44.5 Å². The summed E-state index contributed by atoms with van der Waals surface area (Å²) in [4.78, 5) is 4.61. The summed E-state index contributed by atoms with van der Waals surface area (Å²) >= 11 is 0. The van der Waals surface area contributed by atoms with Crippen LogP contribution in [0.25, 0.3) is 55.3 Å². The zero-order valence-corrected chi connectivity index (χ0v) is 26.2. The van der Waals surface area contributed by atoms with Gasteiger partial charge in [0.25, 0.3) is 0 Å². The van der Waals surface area contributed by atoms with Crippen LogP contribution in [0.2, 0.25) is 0 Å². The molecule has 0 radical (unpaired) electrons. The third-order valence-electron chi connectivity index (χ3n) is 10.5. The Morgan fingerprint density at radius 2 is 0.930 bits per heavy atom. The number of aryl methyl sites for hydroxylation is 3. The summed E-state index contributed by atoms with van der Waals surface area (Å²) in [5.41, 5.74) is 20.2. The van der Waals surface area contributed by atoms with Crippen molar-refractivity contribution in [2.45, 2.75) is 59.3 Å². The highest BCUT2D eigenvalue weighted by Crippen LogP contribution is 2.54. The van der Waals surface area contributed by atoms with E-state index in [-0.39, 0.29) is 10.8 Å². The summed E-state index contributed by atoms with van der Waals surface area (Å²) in [5, 5.41) is 2.43. The van der Waals surface area contributed by atoms with Crippen molar-refractivity contribution < 1.29 is 0 Å². The van der Waals surface area contributed by atoms with Gasteiger partial charge >= 0.3 is 0 Å². The van der Waals surface area contributed by atoms with Crippen molar-refractivity contribution in [3.63, 3.8) is 0 Å². The van der Waals surface area contributed by atoms with Gasteiger partial charge in [-0.15, -0.1) is 0 Å². The summed E-state index contributed by atoms with van der Waals surface area (Å²) in [7, 11) is 0. The Bertz CT molecular complexity index is 2150. The maximum Gasteiger partial charge on any atom is 0.0352 e. The van der Waals surface area contributed by atoms with Gasteiger partial charge in [0, 0.05) is 34.2 Å². The highest BCUT2D eigenvalue weighted by atomic mass is 14.6. The Morgan fingerprint density at radius 1 is 0.419 bits per heavy atom. The second-order valence-electron chi connectivity index (χ2n) is 13.8. The van der Waals surface area contributed by atoms with Gasteiger partial charge in [-0.25, -0.2) is 0 Å². The molecule has 0 saturated heterocycles. The average molecular weight is 556 g/mol. The molecule has 43 heavy (non-hydrogen) atoms. The van der Waals surface area contributed by atoms with Crippen LogP contribution in [0.3, 0.4) is 0 Å². The van der Waals surface area contributed by atoms with E-state index in [9.17, 15) is 0 Å². The van der Waals surface area contributed by atoms with Gasteiger partial charge in [0.15, 0.2) is 0 Å². The molecule has 0 saturated carbocycles. The van der Waals surface area contributed by atoms with Crippen LogP contribution in [0.4, 0.5) is 0 Å². The average Bonchev–Trinajstić information content (AvgIpc) is 3.34. The van der Waals surface area contributed by atoms with Crippen molar-refractivity contribution >= 4 is 10.8 Å². The lowest BCUT2D eigenvalue weighted by Gasteiger charge is -2.25. The van der Waals surface area contributed by atoms with Gasteiger partial charge in [-0.2, -0.15) is 0 Å². The molecule has 0 unspecified atom stereocenters. The minimum Gasteiger partial charge on any atom is -0.263 e. The van der Waals surface area contributed by atoms with Gasteiger partial charge in [-0.1, -0.05) is 94.4 Å². The molecular formula is C42H37N. The molecule has 1 heterocycles. The molecule has 210 valence electrons. The monoisotopic (exact) mass is 555 g/mol. The lowest BCUT2D eigenvalue weighted by Crippen LogP contribution is -2.16. The summed E-state index contributed by atoms with van der Waals surface area (Å²) in [5.74, 6) is 0. The van der Waals surface area contributed by atoms with Gasteiger partial charge in [-0.05, 0) is 122 Å². The first-order valence-corrected chi connectivity index (χ1v) is 15.5. The number of nitrogens with zero attached hydrogens (tertiary/aromatic N) is 1. The number of hydrogen-bond donors (Lipinski definition) is 0. The third-order valence-corrected chi connectivity index (χ3v) is 10.5. The van der Waals surface area contributed by atoms with Crippen LogP contribution in [0.5, 0.6) is 0 Å². The molecule has 2 aliphatic rings. The van der Waals surface area contributed by atoms with Crippen LogP contribution in [0, 0.1) is 20.8 Å². The van der Waals surface area contributed by atoms with E-state index < -0.39 is 0 Å². The molecule has 2 aliphatic carbocycles. The molecule has 0 atom stereocenters. The highest BCUT2D eigenvalue weighted by Gasteiger charge is 2.38. The fourth-order valence-corrected chi connectivity index (χ4v) is 8.10. The first-order chi connectivity index (χ1) is 20.6. The highest BCUT2D eigenvalue weighted by molar-refractivity contribution is 5.98. The fourth-order valence-electron chi connectivity index (χ4n) is 8.10. The summed E-state index contributed by atoms with van der Waals surface area (Å²) < 4.78 is 0. The van der Waals surface area contributed by atoms with Gasteiger partial charge in [0.05, 0.1) is 0 Å². The lowest BCUT2D eigenvalue weighted by atomic mass is 9.78. The zero-order chi connectivity index (χ0) is 29.8. The normalized spacial score (nSPS) is 15.2. The SMILES string of the molecule is Cc1cc2c(cc1-c1cc3c(cc1C)-c1cc(-c4cncc5ccccc45)c(C)cc1C3(C)C)C(C)(C)c1ccccc1-2. The van der Waals surface area contributed by atoms with Crippen molar-refractivity contribution in [1.29, 1.82) is 0 Å². The van der Waals surface area contributed by atoms with Crippen molar-refractivity contribution in [3.05, 3.63) is 136 Å². The molecule has 0 amide bonds. The van der Waals surface area contributed by atoms with E-state index in [1.807, 2.05) is 12.4 Å². The quantitative estimate of drug-likeness (QED) is 0.207. The van der Waals surface area contributed by atoms with Crippen LogP contribution in [-0.2, 0) is 10.8 Å². The molecule has 1 nitrogen and oxygen atoms in total. The Hall–Kier alpha value is -4.49. The Morgan fingerprint density at radius 3 is 1.65 bits per heavy atom. The van der Waals surface area contributed by atoms with Crippen LogP contribution in [0.15, 0.2) is 97.3 Å². The molecule has 1 aromatic heterocycles. The minimum atomic E-state index is -0.0897. The van der Waals surface area contributed by atoms with E-state index >= 15 is 0 Å². The number of pyridine rings is 1.